The van der Waals surface area contributed by atoms with Crippen LogP contribution in [0.5, 0.6) is 0 Å². The average molecular weight is 392 g/mol. The molecule has 2 atom stereocenters. The highest BCUT2D eigenvalue weighted by atomic mass is 79.9. The Kier molecular flexibility index (Phi) is 4.68. The summed E-state index contributed by atoms with van der Waals surface area (Å²) in [4.78, 5) is 16.5. The van der Waals surface area contributed by atoms with Crippen molar-refractivity contribution in [3.63, 3.8) is 0 Å². The molecule has 1 amide bonds. The first-order chi connectivity index (χ1) is 11.5. The fraction of sp³-hybridized carbons (Fsp3) is 0.312. The molecule has 7 nitrogen and oxygen atoms in total. The van der Waals surface area contributed by atoms with Crippen LogP contribution in [0.25, 0.3) is 0 Å². The van der Waals surface area contributed by atoms with Crippen LogP contribution in [-0.4, -0.2) is 32.4 Å². The van der Waals surface area contributed by atoms with E-state index in [4.69, 9.17) is 10.8 Å². The molecule has 0 aliphatic carbocycles. The summed E-state index contributed by atoms with van der Waals surface area (Å²) < 4.78 is 2.58. The SMILES string of the molecule is C=C1Nc2nc(CCCO)nn2[C@@H](c2cccc(Br)c2)[C@@H]1C(N)=O. The van der Waals surface area contributed by atoms with E-state index in [1.165, 1.54) is 0 Å². The van der Waals surface area contributed by atoms with E-state index in [1.807, 2.05) is 24.3 Å². The van der Waals surface area contributed by atoms with Crippen molar-refractivity contribution in [2.75, 3.05) is 11.9 Å². The Bertz CT molecular complexity index is 789. The summed E-state index contributed by atoms with van der Waals surface area (Å²) in [6, 6.07) is 7.24. The number of carbonyl (C=O) groups excluding carboxylic acids is 1. The van der Waals surface area contributed by atoms with E-state index in [1.54, 1.807) is 4.68 Å². The maximum atomic E-state index is 12.0. The number of nitrogens with one attached hydrogen (secondary N) is 1. The molecule has 1 aliphatic rings. The van der Waals surface area contributed by atoms with Crippen LogP contribution in [0, 0.1) is 5.92 Å². The number of hydrogen-bond acceptors (Lipinski definition) is 5. The van der Waals surface area contributed by atoms with Crippen molar-refractivity contribution in [1.82, 2.24) is 14.8 Å². The molecule has 0 fully saturated rings. The number of benzene rings is 1. The van der Waals surface area contributed by atoms with Crippen molar-refractivity contribution in [3.05, 3.63) is 52.4 Å². The van der Waals surface area contributed by atoms with Gasteiger partial charge in [-0.05, 0) is 24.1 Å². The molecule has 0 saturated carbocycles. The van der Waals surface area contributed by atoms with Gasteiger partial charge in [-0.3, -0.25) is 4.79 Å². The first-order valence-electron chi connectivity index (χ1n) is 7.58. The summed E-state index contributed by atoms with van der Waals surface area (Å²) in [6.07, 6.45) is 1.13. The van der Waals surface area contributed by atoms with Gasteiger partial charge in [-0.1, -0.05) is 34.6 Å². The zero-order valence-electron chi connectivity index (χ0n) is 12.9. The number of rotatable bonds is 5. The second-order valence-electron chi connectivity index (χ2n) is 5.65. The molecule has 0 radical (unpaired) electrons. The maximum Gasteiger partial charge on any atom is 0.229 e. The minimum Gasteiger partial charge on any atom is -0.396 e. The van der Waals surface area contributed by atoms with Crippen LogP contribution in [0.4, 0.5) is 5.95 Å². The topological polar surface area (TPSA) is 106 Å². The van der Waals surface area contributed by atoms with Crippen LogP contribution < -0.4 is 11.1 Å². The molecule has 4 N–H and O–H groups in total. The lowest BCUT2D eigenvalue weighted by molar-refractivity contribution is -0.121. The Morgan fingerprint density at radius 1 is 1.50 bits per heavy atom. The van der Waals surface area contributed by atoms with Gasteiger partial charge < -0.3 is 16.2 Å². The number of nitrogens with zero attached hydrogens (tertiary/aromatic N) is 3. The molecule has 1 aromatic heterocycles. The van der Waals surface area contributed by atoms with E-state index in [2.05, 4.69) is 37.9 Å². The largest absolute Gasteiger partial charge is 0.396 e. The number of aromatic nitrogens is 3. The summed E-state index contributed by atoms with van der Waals surface area (Å²) in [5.41, 5.74) is 7.01. The lowest BCUT2D eigenvalue weighted by Gasteiger charge is -2.32. The van der Waals surface area contributed by atoms with E-state index in [-0.39, 0.29) is 6.61 Å². The third-order valence-corrected chi connectivity index (χ3v) is 4.45. The quantitative estimate of drug-likeness (QED) is 0.717. The lowest BCUT2D eigenvalue weighted by Crippen LogP contribution is -2.40. The van der Waals surface area contributed by atoms with Crippen LogP contribution >= 0.6 is 15.9 Å². The Hall–Kier alpha value is -2.19. The molecule has 2 heterocycles. The molecule has 126 valence electrons. The van der Waals surface area contributed by atoms with E-state index in [0.29, 0.717) is 30.3 Å². The number of aliphatic hydroxyl groups excluding tert-OH is 1. The minimum atomic E-state index is -0.640. The Morgan fingerprint density at radius 3 is 2.96 bits per heavy atom. The summed E-state index contributed by atoms with van der Waals surface area (Å²) in [7, 11) is 0. The molecule has 24 heavy (non-hydrogen) atoms. The number of halogens is 1. The van der Waals surface area contributed by atoms with E-state index in [0.717, 1.165) is 10.0 Å². The number of carbonyl (C=O) groups is 1. The highest BCUT2D eigenvalue weighted by molar-refractivity contribution is 9.10. The monoisotopic (exact) mass is 391 g/mol. The van der Waals surface area contributed by atoms with Crippen molar-refractivity contribution < 1.29 is 9.90 Å². The first kappa shape index (κ1) is 16.7. The molecule has 3 rings (SSSR count). The van der Waals surface area contributed by atoms with Gasteiger partial charge in [0.1, 0.15) is 5.92 Å². The zero-order valence-corrected chi connectivity index (χ0v) is 14.5. The third-order valence-electron chi connectivity index (χ3n) is 3.96. The molecule has 0 bridgehead atoms. The smallest absolute Gasteiger partial charge is 0.229 e. The summed E-state index contributed by atoms with van der Waals surface area (Å²) >= 11 is 3.45. The zero-order chi connectivity index (χ0) is 17.3. The molecule has 0 unspecified atom stereocenters. The highest BCUT2D eigenvalue weighted by Crippen LogP contribution is 2.37. The molecule has 1 aliphatic heterocycles. The Labute approximate surface area is 147 Å². The van der Waals surface area contributed by atoms with Crippen molar-refractivity contribution in [3.8, 4) is 0 Å². The highest BCUT2D eigenvalue weighted by Gasteiger charge is 2.39. The number of aryl methyl sites for hydroxylation is 1. The average Bonchev–Trinajstić information content (AvgIpc) is 2.93. The standard InChI is InChI=1S/C16H18BrN5O2/c1-9-13(15(18)24)14(10-4-2-5-11(17)8-10)22-16(19-9)20-12(21-22)6-3-7-23/h2,4-5,8,13-14,23H,1,3,6-7H2,(H2,18,24)(H,19,20,21)/t13-,14+/m1/s1. The van der Waals surface area contributed by atoms with E-state index in [9.17, 15) is 4.79 Å². The molecule has 0 spiro atoms. The van der Waals surface area contributed by atoms with Crippen LogP contribution in [-0.2, 0) is 11.2 Å². The minimum absolute atomic E-state index is 0.0724. The van der Waals surface area contributed by atoms with Crippen molar-refractivity contribution in [1.29, 1.82) is 0 Å². The van der Waals surface area contributed by atoms with Crippen molar-refractivity contribution in [2.24, 2.45) is 11.7 Å². The number of nitrogens with two attached hydrogens (primary N) is 1. The van der Waals surface area contributed by atoms with E-state index >= 15 is 0 Å². The van der Waals surface area contributed by atoms with Gasteiger partial charge in [-0.15, -0.1) is 0 Å². The number of amides is 1. The van der Waals surface area contributed by atoms with Crippen molar-refractivity contribution in [2.45, 2.75) is 18.9 Å². The van der Waals surface area contributed by atoms with Crippen LogP contribution in [0.1, 0.15) is 23.9 Å². The fourth-order valence-electron chi connectivity index (χ4n) is 2.89. The molecule has 2 aromatic rings. The second kappa shape index (κ2) is 6.74. The van der Waals surface area contributed by atoms with Gasteiger partial charge in [0, 0.05) is 23.2 Å². The number of hydrogen-bond donors (Lipinski definition) is 3. The number of anilines is 1. The molecule has 8 heteroatoms. The summed E-state index contributed by atoms with van der Waals surface area (Å²) in [5.74, 6) is 0.00890. The number of fused-ring (bicyclic) bond motifs is 1. The van der Waals surface area contributed by atoms with Crippen LogP contribution in [0.3, 0.4) is 0 Å². The number of primary amides is 1. The van der Waals surface area contributed by atoms with Crippen LogP contribution in [0.2, 0.25) is 0 Å². The third kappa shape index (κ3) is 3.07. The maximum absolute atomic E-state index is 12.0. The van der Waals surface area contributed by atoms with Gasteiger partial charge in [0.2, 0.25) is 11.9 Å². The summed E-state index contributed by atoms with van der Waals surface area (Å²) in [5, 5.41) is 16.5. The Balaban J connectivity index is 2.09. The van der Waals surface area contributed by atoms with Gasteiger partial charge in [0.05, 0.1) is 6.04 Å². The molecular formula is C16H18BrN5O2. The van der Waals surface area contributed by atoms with Gasteiger partial charge in [0.25, 0.3) is 0 Å². The van der Waals surface area contributed by atoms with Crippen molar-refractivity contribution >= 4 is 27.8 Å². The van der Waals surface area contributed by atoms with Gasteiger partial charge in [-0.25, -0.2) is 4.68 Å². The number of aliphatic hydroxyl groups is 1. The van der Waals surface area contributed by atoms with Gasteiger partial charge >= 0.3 is 0 Å². The molecule has 1 aromatic carbocycles. The second-order valence-corrected chi connectivity index (χ2v) is 6.57. The lowest BCUT2D eigenvalue weighted by atomic mass is 9.89. The van der Waals surface area contributed by atoms with Gasteiger partial charge in [0.15, 0.2) is 5.82 Å². The van der Waals surface area contributed by atoms with Crippen LogP contribution in [0.15, 0.2) is 41.0 Å². The fourth-order valence-corrected chi connectivity index (χ4v) is 3.31. The Morgan fingerprint density at radius 2 is 2.29 bits per heavy atom. The predicted octanol–water partition coefficient (Wildman–Crippen LogP) is 1.60. The first-order valence-corrected chi connectivity index (χ1v) is 8.37. The molecular weight excluding hydrogens is 374 g/mol. The normalized spacial score (nSPS) is 19.7. The molecule has 0 saturated heterocycles. The van der Waals surface area contributed by atoms with Gasteiger partial charge in [-0.2, -0.15) is 10.1 Å². The summed E-state index contributed by atoms with van der Waals surface area (Å²) in [6.45, 7) is 4.01. The van der Waals surface area contributed by atoms with E-state index < -0.39 is 17.9 Å². The predicted molar refractivity (Wildman–Crippen MR) is 93.2 cm³/mol.